The van der Waals surface area contributed by atoms with Crippen molar-refractivity contribution >= 4 is 0 Å². The van der Waals surface area contributed by atoms with Crippen molar-refractivity contribution in [2.24, 2.45) is 0 Å². The largest absolute Gasteiger partial charge is 0.393 e. The van der Waals surface area contributed by atoms with Crippen molar-refractivity contribution in [3.05, 3.63) is 0 Å². The molecule has 0 heterocycles. The SMILES string of the molecule is [2H]C1(O)CCCC(OC)C1([2H])[2H]. The van der Waals surface area contributed by atoms with E-state index in [1.807, 2.05) is 0 Å². The van der Waals surface area contributed by atoms with Crippen LogP contribution in [0.5, 0.6) is 0 Å². The lowest BCUT2D eigenvalue weighted by Gasteiger charge is -2.24. The normalized spacial score (nSPS) is 55.3. The quantitative estimate of drug-likeness (QED) is 0.576. The molecule has 0 aromatic rings. The predicted octanol–water partition coefficient (Wildman–Crippen LogP) is 0.936. The van der Waals surface area contributed by atoms with E-state index in [1.54, 1.807) is 0 Å². The van der Waals surface area contributed by atoms with Gasteiger partial charge in [0.25, 0.3) is 0 Å². The van der Waals surface area contributed by atoms with E-state index in [0.29, 0.717) is 12.8 Å². The molecule has 0 spiro atoms. The number of rotatable bonds is 1. The summed E-state index contributed by atoms with van der Waals surface area (Å²) in [4.78, 5) is 0. The molecule has 2 atom stereocenters. The lowest BCUT2D eigenvalue weighted by Crippen LogP contribution is -2.24. The van der Waals surface area contributed by atoms with E-state index in [2.05, 4.69) is 0 Å². The van der Waals surface area contributed by atoms with Crippen LogP contribution in [0.3, 0.4) is 0 Å². The molecule has 0 aromatic carbocycles. The third-order valence-electron chi connectivity index (χ3n) is 1.49. The highest BCUT2D eigenvalue weighted by Crippen LogP contribution is 2.19. The van der Waals surface area contributed by atoms with Gasteiger partial charge >= 0.3 is 0 Å². The van der Waals surface area contributed by atoms with E-state index in [-0.39, 0.29) is 6.42 Å². The highest BCUT2D eigenvalue weighted by atomic mass is 16.5. The maximum atomic E-state index is 9.42. The number of hydrogen-bond donors (Lipinski definition) is 1. The fourth-order valence-corrected chi connectivity index (χ4v) is 0.962. The van der Waals surface area contributed by atoms with Gasteiger partial charge in [-0.2, -0.15) is 0 Å². The molecule has 1 rings (SSSR count). The Bertz CT molecular complexity index is 170. The zero-order valence-electron chi connectivity index (χ0n) is 8.55. The van der Waals surface area contributed by atoms with Crippen LogP contribution in [0.25, 0.3) is 0 Å². The summed E-state index contributed by atoms with van der Waals surface area (Å²) in [6, 6.07) is 0. The Balaban J connectivity index is 2.82. The van der Waals surface area contributed by atoms with Crippen molar-refractivity contribution in [3.63, 3.8) is 0 Å². The van der Waals surface area contributed by atoms with Gasteiger partial charge in [0.1, 0.15) is 0 Å². The second-order valence-electron chi connectivity index (χ2n) is 2.21. The van der Waals surface area contributed by atoms with Crippen LogP contribution in [0, 0.1) is 0 Å². The summed E-state index contributed by atoms with van der Waals surface area (Å²) in [5.74, 6) is 0. The van der Waals surface area contributed by atoms with E-state index in [4.69, 9.17) is 8.85 Å². The molecule has 9 heavy (non-hydrogen) atoms. The summed E-state index contributed by atoms with van der Waals surface area (Å²) in [5.41, 5.74) is 0. The second kappa shape index (κ2) is 3.18. The molecule has 0 bridgehead atoms. The highest BCUT2D eigenvalue weighted by Gasteiger charge is 2.18. The molecule has 2 unspecified atom stereocenters. The average Bonchev–Trinajstić information content (AvgIpc) is 1.95. The Kier molecular flexibility index (Phi) is 1.39. The first kappa shape index (κ1) is 3.94. The average molecular weight is 133 g/mol. The number of ether oxygens (including phenoxy) is 1. The molecule has 1 saturated carbocycles. The molecule has 54 valence electrons. The van der Waals surface area contributed by atoms with Crippen LogP contribution in [-0.4, -0.2) is 24.4 Å². The fraction of sp³-hybridized carbons (Fsp3) is 1.00. The summed E-state index contributed by atoms with van der Waals surface area (Å²) in [6.45, 7) is 0. The minimum atomic E-state index is -1.99. The van der Waals surface area contributed by atoms with Crippen LogP contribution in [0.4, 0.5) is 0 Å². The molecule has 1 aliphatic rings. The lowest BCUT2D eigenvalue weighted by molar-refractivity contribution is 0.0115. The Labute approximate surface area is 60.0 Å². The van der Waals surface area contributed by atoms with Gasteiger partial charge in [-0.1, -0.05) is 0 Å². The summed E-state index contributed by atoms with van der Waals surface area (Å²) in [6.07, 6.45) is -3.22. The van der Waals surface area contributed by atoms with E-state index in [0.717, 1.165) is 0 Å². The molecule has 0 saturated heterocycles. The molecule has 2 nitrogen and oxygen atoms in total. The van der Waals surface area contributed by atoms with Crippen LogP contribution >= 0.6 is 0 Å². The highest BCUT2D eigenvalue weighted by molar-refractivity contribution is 4.71. The minimum Gasteiger partial charge on any atom is -0.393 e. The molecule has 1 aliphatic carbocycles. The van der Waals surface area contributed by atoms with Gasteiger partial charge in [-0.15, -0.1) is 0 Å². The van der Waals surface area contributed by atoms with Crippen molar-refractivity contribution in [3.8, 4) is 0 Å². The van der Waals surface area contributed by atoms with E-state index >= 15 is 0 Å². The fourth-order valence-electron chi connectivity index (χ4n) is 0.962. The van der Waals surface area contributed by atoms with Gasteiger partial charge in [0, 0.05) is 9.85 Å². The predicted molar refractivity (Wildman–Crippen MR) is 35.3 cm³/mol. The molecule has 2 heteroatoms. The van der Waals surface area contributed by atoms with E-state index in [1.165, 1.54) is 7.11 Å². The molecular weight excluding hydrogens is 116 g/mol. The molecule has 1 N–H and O–H groups in total. The first-order valence-electron chi connectivity index (χ1n) is 4.67. The number of hydrogen-bond acceptors (Lipinski definition) is 2. The van der Waals surface area contributed by atoms with Gasteiger partial charge in [0.05, 0.1) is 13.6 Å². The second-order valence-corrected chi connectivity index (χ2v) is 2.21. The molecule has 0 amide bonds. The summed E-state index contributed by atoms with van der Waals surface area (Å²) in [7, 11) is 1.41. The van der Waals surface area contributed by atoms with Crippen molar-refractivity contribution in [2.45, 2.75) is 37.8 Å². The molecule has 0 radical (unpaired) electrons. The van der Waals surface area contributed by atoms with E-state index in [9.17, 15) is 5.11 Å². The molecular formula is C7H14O2. The number of aliphatic hydroxyl groups is 1. The van der Waals surface area contributed by atoms with Crippen LogP contribution in [0.2, 0.25) is 0 Å². The van der Waals surface area contributed by atoms with Gasteiger partial charge in [0.15, 0.2) is 0 Å². The van der Waals surface area contributed by atoms with Crippen molar-refractivity contribution in [1.82, 2.24) is 0 Å². The minimum absolute atomic E-state index is 0.180. The Morgan fingerprint density at radius 3 is 3.11 bits per heavy atom. The van der Waals surface area contributed by atoms with Gasteiger partial charge in [-0.05, 0) is 25.6 Å². The summed E-state index contributed by atoms with van der Waals surface area (Å²) < 4.78 is 27.2. The van der Waals surface area contributed by atoms with Crippen molar-refractivity contribution in [1.29, 1.82) is 0 Å². The van der Waals surface area contributed by atoms with Crippen molar-refractivity contribution < 1.29 is 14.0 Å². The van der Waals surface area contributed by atoms with Crippen LogP contribution in [0.15, 0.2) is 0 Å². The Hall–Kier alpha value is -0.0800. The maximum absolute atomic E-state index is 9.42. The first-order chi connectivity index (χ1) is 5.42. The Morgan fingerprint density at radius 1 is 1.78 bits per heavy atom. The first-order valence-corrected chi connectivity index (χ1v) is 3.17. The molecule has 0 aromatic heterocycles. The van der Waals surface area contributed by atoms with Gasteiger partial charge in [-0.25, -0.2) is 0 Å². The standard InChI is InChI=1S/C7H14O2/c1-9-7-4-2-3-6(8)5-7/h6-8H,2-5H2,1H3/i5D2,6D. The van der Waals surface area contributed by atoms with Crippen LogP contribution < -0.4 is 0 Å². The number of methoxy groups -OCH3 is 1. The van der Waals surface area contributed by atoms with Crippen molar-refractivity contribution in [2.75, 3.05) is 7.11 Å². The summed E-state index contributed by atoms with van der Waals surface area (Å²) >= 11 is 0. The lowest BCUT2D eigenvalue weighted by atomic mass is 9.95. The molecule has 1 fully saturated rings. The van der Waals surface area contributed by atoms with E-state index < -0.39 is 18.6 Å². The van der Waals surface area contributed by atoms with Crippen LogP contribution in [0.1, 0.15) is 29.7 Å². The van der Waals surface area contributed by atoms with Gasteiger partial charge < -0.3 is 9.84 Å². The monoisotopic (exact) mass is 133 g/mol. The topological polar surface area (TPSA) is 29.5 Å². The molecule has 0 aliphatic heterocycles. The Morgan fingerprint density at radius 2 is 2.56 bits per heavy atom. The maximum Gasteiger partial charge on any atom is 0.0601 e. The van der Waals surface area contributed by atoms with Gasteiger partial charge in [0.2, 0.25) is 0 Å². The third kappa shape index (κ3) is 1.95. The van der Waals surface area contributed by atoms with Gasteiger partial charge in [-0.3, -0.25) is 0 Å². The third-order valence-corrected chi connectivity index (χ3v) is 1.49. The summed E-state index contributed by atoms with van der Waals surface area (Å²) in [5, 5.41) is 9.42. The zero-order chi connectivity index (χ0) is 9.41. The zero-order valence-corrected chi connectivity index (χ0v) is 5.55. The van der Waals surface area contributed by atoms with Crippen LogP contribution in [-0.2, 0) is 4.74 Å². The smallest absolute Gasteiger partial charge is 0.0601 e.